The number of carbonyl (C=O) groups is 1. The number of amides is 1. The van der Waals surface area contributed by atoms with Crippen molar-refractivity contribution in [3.63, 3.8) is 0 Å². The molecule has 0 saturated carbocycles. The van der Waals surface area contributed by atoms with Crippen LogP contribution >= 0.6 is 0 Å². The summed E-state index contributed by atoms with van der Waals surface area (Å²) < 4.78 is 1.85. The predicted octanol–water partition coefficient (Wildman–Crippen LogP) is 2.59. The Morgan fingerprint density at radius 2 is 2.13 bits per heavy atom. The van der Waals surface area contributed by atoms with Crippen molar-refractivity contribution in [3.05, 3.63) is 23.5 Å². The number of fused-ring (bicyclic) bond motifs is 1. The van der Waals surface area contributed by atoms with E-state index in [1.165, 1.54) is 0 Å². The summed E-state index contributed by atoms with van der Waals surface area (Å²) in [5, 5.41) is 7.94. The number of nitrogens with zero attached hydrogens (tertiary/aromatic N) is 4. The summed E-state index contributed by atoms with van der Waals surface area (Å²) in [7, 11) is 0. The molecule has 0 aromatic carbocycles. The zero-order valence-electron chi connectivity index (χ0n) is 14.2. The molecule has 3 heterocycles. The number of carbonyl (C=O) groups excluding carboxylic acids is 1. The number of rotatable bonds is 5. The van der Waals surface area contributed by atoms with Crippen LogP contribution in [0, 0.1) is 6.92 Å². The van der Waals surface area contributed by atoms with Crippen LogP contribution in [0.1, 0.15) is 50.4 Å². The number of piperidine rings is 1. The number of nitrogens with one attached hydrogen (secondary N) is 1. The van der Waals surface area contributed by atoms with Gasteiger partial charge in [0.25, 0.3) is 0 Å². The van der Waals surface area contributed by atoms with Gasteiger partial charge in [-0.15, -0.1) is 0 Å². The molecule has 1 aliphatic rings. The molecular weight excluding hydrogens is 290 g/mol. The van der Waals surface area contributed by atoms with Crippen LogP contribution in [0.2, 0.25) is 0 Å². The number of anilines is 1. The fourth-order valence-corrected chi connectivity index (χ4v) is 2.95. The second kappa shape index (κ2) is 6.56. The van der Waals surface area contributed by atoms with Gasteiger partial charge in [0.05, 0.1) is 5.69 Å². The van der Waals surface area contributed by atoms with Crippen molar-refractivity contribution in [3.8, 4) is 0 Å². The zero-order chi connectivity index (χ0) is 16.4. The second-order valence-corrected chi connectivity index (χ2v) is 6.54. The topological polar surface area (TPSA) is 62.5 Å². The number of likely N-dealkylation sites (tertiary alicyclic amines) is 1. The Hall–Kier alpha value is -2.11. The summed E-state index contributed by atoms with van der Waals surface area (Å²) in [6.07, 6.45) is 2.83. The van der Waals surface area contributed by atoms with Gasteiger partial charge in [0.1, 0.15) is 5.82 Å². The smallest absolute Gasteiger partial charge is 0.222 e. The average molecular weight is 315 g/mol. The molecule has 0 aliphatic carbocycles. The first-order chi connectivity index (χ1) is 11.0. The number of aryl methyl sites for hydroxylation is 1. The fraction of sp³-hybridized carbons (Fsp3) is 0.588. The normalized spacial score (nSPS) is 15.7. The highest BCUT2D eigenvalue weighted by Crippen LogP contribution is 2.19. The summed E-state index contributed by atoms with van der Waals surface area (Å²) in [6.45, 7) is 8.59. The van der Waals surface area contributed by atoms with Gasteiger partial charge in [-0.3, -0.25) is 4.79 Å². The standard InChI is InChI=1S/C17H25N5O/c1-12(2)14-11-15(22-16(19-14)10-13(3)20-22)18-7-9-21-8-5-4-6-17(21)23/h10-12,18H,4-9H2,1-3H3. The lowest BCUT2D eigenvalue weighted by Gasteiger charge is -2.26. The van der Waals surface area contributed by atoms with Gasteiger partial charge in [-0.05, 0) is 25.7 Å². The Labute approximate surface area is 136 Å². The van der Waals surface area contributed by atoms with Crippen molar-refractivity contribution >= 4 is 17.4 Å². The zero-order valence-corrected chi connectivity index (χ0v) is 14.2. The summed E-state index contributed by atoms with van der Waals surface area (Å²) in [4.78, 5) is 18.5. The second-order valence-electron chi connectivity index (χ2n) is 6.54. The number of hydrogen-bond donors (Lipinski definition) is 1. The van der Waals surface area contributed by atoms with E-state index >= 15 is 0 Å². The molecule has 3 rings (SSSR count). The van der Waals surface area contributed by atoms with Crippen molar-refractivity contribution in [1.82, 2.24) is 19.5 Å². The van der Waals surface area contributed by atoms with Crippen LogP contribution in [-0.4, -0.2) is 45.0 Å². The maximum absolute atomic E-state index is 11.9. The highest BCUT2D eigenvalue weighted by molar-refractivity contribution is 5.76. The van der Waals surface area contributed by atoms with Crippen molar-refractivity contribution in [2.24, 2.45) is 0 Å². The molecule has 1 fully saturated rings. The molecule has 23 heavy (non-hydrogen) atoms. The average Bonchev–Trinajstić information content (AvgIpc) is 2.89. The van der Waals surface area contributed by atoms with Gasteiger partial charge in [-0.25, -0.2) is 4.98 Å². The van der Waals surface area contributed by atoms with Crippen LogP contribution in [0.5, 0.6) is 0 Å². The summed E-state index contributed by atoms with van der Waals surface area (Å²) in [5.41, 5.74) is 2.87. The molecule has 1 aliphatic heterocycles. The maximum Gasteiger partial charge on any atom is 0.222 e. The van der Waals surface area contributed by atoms with Crippen molar-refractivity contribution in [1.29, 1.82) is 0 Å². The molecule has 124 valence electrons. The van der Waals surface area contributed by atoms with E-state index in [-0.39, 0.29) is 5.91 Å². The molecule has 0 atom stereocenters. The third-order valence-electron chi connectivity index (χ3n) is 4.27. The van der Waals surface area contributed by atoms with Crippen LogP contribution in [0.3, 0.4) is 0 Å². The van der Waals surface area contributed by atoms with Gasteiger partial charge in [-0.2, -0.15) is 9.61 Å². The van der Waals surface area contributed by atoms with Gasteiger partial charge < -0.3 is 10.2 Å². The highest BCUT2D eigenvalue weighted by atomic mass is 16.2. The van der Waals surface area contributed by atoms with Gasteiger partial charge in [0, 0.05) is 43.9 Å². The molecule has 1 saturated heterocycles. The lowest BCUT2D eigenvalue weighted by Crippen LogP contribution is -2.38. The SMILES string of the molecule is Cc1cc2nc(C(C)C)cc(NCCN3CCCCC3=O)n2n1. The Morgan fingerprint density at radius 1 is 1.30 bits per heavy atom. The molecule has 0 unspecified atom stereocenters. The molecule has 1 N–H and O–H groups in total. The molecular formula is C17H25N5O. The monoisotopic (exact) mass is 315 g/mol. The van der Waals surface area contributed by atoms with E-state index in [1.54, 1.807) is 0 Å². The van der Waals surface area contributed by atoms with Crippen molar-refractivity contribution < 1.29 is 4.79 Å². The lowest BCUT2D eigenvalue weighted by atomic mass is 10.1. The molecule has 0 spiro atoms. The van der Waals surface area contributed by atoms with Crippen LogP contribution in [0.4, 0.5) is 5.82 Å². The molecule has 6 heteroatoms. The first kappa shape index (κ1) is 15.8. The molecule has 2 aromatic heterocycles. The molecule has 0 radical (unpaired) electrons. The van der Waals surface area contributed by atoms with Crippen LogP contribution < -0.4 is 5.32 Å². The third-order valence-corrected chi connectivity index (χ3v) is 4.27. The summed E-state index contributed by atoms with van der Waals surface area (Å²) >= 11 is 0. The highest BCUT2D eigenvalue weighted by Gasteiger charge is 2.17. The van der Waals surface area contributed by atoms with E-state index in [0.717, 1.165) is 55.3 Å². The van der Waals surface area contributed by atoms with E-state index in [9.17, 15) is 4.79 Å². The minimum Gasteiger partial charge on any atom is -0.368 e. The lowest BCUT2D eigenvalue weighted by molar-refractivity contribution is -0.133. The van der Waals surface area contributed by atoms with E-state index in [1.807, 2.05) is 22.4 Å². The van der Waals surface area contributed by atoms with E-state index in [0.29, 0.717) is 12.3 Å². The minimum atomic E-state index is 0.274. The predicted molar refractivity (Wildman–Crippen MR) is 90.7 cm³/mol. The van der Waals surface area contributed by atoms with Gasteiger partial charge in [0.2, 0.25) is 5.91 Å². The Kier molecular flexibility index (Phi) is 4.50. The maximum atomic E-state index is 11.9. The Balaban J connectivity index is 1.74. The number of aromatic nitrogens is 3. The van der Waals surface area contributed by atoms with E-state index in [4.69, 9.17) is 0 Å². The van der Waals surface area contributed by atoms with Crippen molar-refractivity contribution in [2.45, 2.75) is 46.0 Å². The molecule has 1 amide bonds. The van der Waals surface area contributed by atoms with E-state index < -0.39 is 0 Å². The minimum absolute atomic E-state index is 0.274. The fourth-order valence-electron chi connectivity index (χ4n) is 2.95. The summed E-state index contributed by atoms with van der Waals surface area (Å²) in [5.74, 6) is 1.58. The molecule has 6 nitrogen and oxygen atoms in total. The van der Waals surface area contributed by atoms with E-state index in [2.05, 4.69) is 35.3 Å². The molecule has 0 bridgehead atoms. The van der Waals surface area contributed by atoms with Gasteiger partial charge in [0.15, 0.2) is 5.65 Å². The van der Waals surface area contributed by atoms with Crippen LogP contribution in [0.25, 0.3) is 5.65 Å². The Morgan fingerprint density at radius 3 is 2.87 bits per heavy atom. The Bertz CT molecular complexity index is 706. The van der Waals surface area contributed by atoms with Gasteiger partial charge in [-0.1, -0.05) is 13.8 Å². The third kappa shape index (κ3) is 3.46. The quantitative estimate of drug-likeness (QED) is 0.921. The van der Waals surface area contributed by atoms with Crippen LogP contribution in [0.15, 0.2) is 12.1 Å². The largest absolute Gasteiger partial charge is 0.368 e. The van der Waals surface area contributed by atoms with Crippen molar-refractivity contribution in [2.75, 3.05) is 25.0 Å². The molecule has 2 aromatic rings. The first-order valence-corrected chi connectivity index (χ1v) is 8.43. The first-order valence-electron chi connectivity index (χ1n) is 8.43. The number of hydrogen-bond acceptors (Lipinski definition) is 4. The van der Waals surface area contributed by atoms with Gasteiger partial charge >= 0.3 is 0 Å². The summed E-state index contributed by atoms with van der Waals surface area (Å²) in [6, 6.07) is 4.05. The van der Waals surface area contributed by atoms with Crippen LogP contribution in [-0.2, 0) is 4.79 Å².